The molecule has 6 heteroatoms. The standard InChI is InChI=1S/C15H23ClN2O3/c1-3-7-17-10-12-13(16)5-4-6-14(12)21-11-15(19)18-8-9-20-2/h4-6,17H,3,7-11H2,1-2H3,(H,18,19). The van der Waals surface area contributed by atoms with Crippen LogP contribution in [0.15, 0.2) is 18.2 Å². The molecule has 0 radical (unpaired) electrons. The zero-order chi connectivity index (χ0) is 15.5. The Morgan fingerprint density at radius 2 is 2.14 bits per heavy atom. The quantitative estimate of drug-likeness (QED) is 0.648. The largest absolute Gasteiger partial charge is 0.483 e. The molecule has 0 atom stereocenters. The molecule has 0 unspecified atom stereocenters. The smallest absolute Gasteiger partial charge is 0.258 e. The van der Waals surface area contributed by atoms with Gasteiger partial charge in [-0.25, -0.2) is 0 Å². The van der Waals surface area contributed by atoms with Crippen LogP contribution in [0.2, 0.25) is 5.02 Å². The van der Waals surface area contributed by atoms with Crippen molar-refractivity contribution >= 4 is 17.5 Å². The van der Waals surface area contributed by atoms with Crippen molar-refractivity contribution < 1.29 is 14.3 Å². The van der Waals surface area contributed by atoms with Gasteiger partial charge in [0.05, 0.1) is 6.61 Å². The second-order valence-electron chi connectivity index (χ2n) is 4.52. The van der Waals surface area contributed by atoms with Crippen LogP contribution >= 0.6 is 11.6 Å². The molecular weight excluding hydrogens is 292 g/mol. The molecule has 5 nitrogen and oxygen atoms in total. The van der Waals surface area contributed by atoms with Gasteiger partial charge in [0, 0.05) is 30.8 Å². The molecule has 21 heavy (non-hydrogen) atoms. The summed E-state index contributed by atoms with van der Waals surface area (Å²) < 4.78 is 10.4. The number of benzene rings is 1. The van der Waals surface area contributed by atoms with E-state index < -0.39 is 0 Å². The Bertz CT molecular complexity index is 441. The Morgan fingerprint density at radius 3 is 2.86 bits per heavy atom. The van der Waals surface area contributed by atoms with E-state index in [2.05, 4.69) is 17.6 Å². The van der Waals surface area contributed by atoms with Crippen molar-refractivity contribution in [3.05, 3.63) is 28.8 Å². The summed E-state index contributed by atoms with van der Waals surface area (Å²) >= 11 is 6.19. The number of carbonyl (C=O) groups excluding carboxylic acids is 1. The Morgan fingerprint density at radius 1 is 1.33 bits per heavy atom. The third-order valence-electron chi connectivity index (χ3n) is 2.79. The van der Waals surface area contributed by atoms with Crippen molar-refractivity contribution in [2.45, 2.75) is 19.9 Å². The van der Waals surface area contributed by atoms with E-state index in [4.69, 9.17) is 21.1 Å². The van der Waals surface area contributed by atoms with Crippen LogP contribution in [0.5, 0.6) is 5.75 Å². The van der Waals surface area contributed by atoms with Gasteiger partial charge in [-0.1, -0.05) is 24.6 Å². The van der Waals surface area contributed by atoms with E-state index in [9.17, 15) is 4.79 Å². The summed E-state index contributed by atoms with van der Waals surface area (Å²) in [5.74, 6) is 0.451. The third kappa shape index (κ3) is 6.80. The lowest BCUT2D eigenvalue weighted by Crippen LogP contribution is -2.31. The highest BCUT2D eigenvalue weighted by atomic mass is 35.5. The van der Waals surface area contributed by atoms with Crippen LogP contribution in [-0.4, -0.2) is 39.3 Å². The topological polar surface area (TPSA) is 59.6 Å². The zero-order valence-corrected chi connectivity index (χ0v) is 13.3. The van der Waals surface area contributed by atoms with Gasteiger partial charge in [0.25, 0.3) is 5.91 Å². The highest BCUT2D eigenvalue weighted by Crippen LogP contribution is 2.26. The number of hydrogen-bond acceptors (Lipinski definition) is 4. The summed E-state index contributed by atoms with van der Waals surface area (Å²) in [6.45, 7) is 4.54. The fourth-order valence-electron chi connectivity index (χ4n) is 1.72. The zero-order valence-electron chi connectivity index (χ0n) is 12.6. The SMILES string of the molecule is CCCNCc1c(Cl)cccc1OCC(=O)NCCOC. The van der Waals surface area contributed by atoms with E-state index in [0.717, 1.165) is 18.5 Å². The summed E-state index contributed by atoms with van der Waals surface area (Å²) in [7, 11) is 1.59. The van der Waals surface area contributed by atoms with Gasteiger partial charge in [0.15, 0.2) is 6.61 Å². The number of amides is 1. The Hall–Kier alpha value is -1.30. The minimum absolute atomic E-state index is 0.0369. The monoisotopic (exact) mass is 314 g/mol. The molecule has 1 aromatic rings. The number of ether oxygens (including phenoxy) is 2. The van der Waals surface area contributed by atoms with Crippen molar-refractivity contribution in [1.29, 1.82) is 0 Å². The van der Waals surface area contributed by atoms with E-state index in [1.807, 2.05) is 18.2 Å². The molecule has 118 valence electrons. The molecule has 0 spiro atoms. The highest BCUT2D eigenvalue weighted by Gasteiger charge is 2.09. The average molecular weight is 315 g/mol. The molecule has 2 N–H and O–H groups in total. The second kappa shape index (κ2) is 10.4. The third-order valence-corrected chi connectivity index (χ3v) is 3.15. The number of nitrogens with one attached hydrogen (secondary N) is 2. The maximum atomic E-state index is 11.6. The molecule has 1 aromatic carbocycles. The molecule has 0 aliphatic carbocycles. The van der Waals surface area contributed by atoms with E-state index in [1.54, 1.807) is 7.11 Å². The molecule has 1 rings (SSSR count). The first-order valence-electron chi connectivity index (χ1n) is 7.05. The van der Waals surface area contributed by atoms with Gasteiger partial charge >= 0.3 is 0 Å². The first kappa shape index (κ1) is 17.8. The number of hydrogen-bond donors (Lipinski definition) is 2. The predicted molar refractivity (Wildman–Crippen MR) is 83.8 cm³/mol. The Kier molecular flexibility index (Phi) is 8.82. The van der Waals surface area contributed by atoms with Crippen LogP contribution < -0.4 is 15.4 Å². The fourth-order valence-corrected chi connectivity index (χ4v) is 1.96. The van der Waals surface area contributed by atoms with E-state index in [1.165, 1.54) is 0 Å². The van der Waals surface area contributed by atoms with Crippen LogP contribution in [0, 0.1) is 0 Å². The normalized spacial score (nSPS) is 10.4. The lowest BCUT2D eigenvalue weighted by molar-refractivity contribution is -0.123. The molecule has 1 amide bonds. The van der Waals surface area contributed by atoms with Crippen molar-refractivity contribution in [3.8, 4) is 5.75 Å². The number of carbonyl (C=O) groups is 1. The van der Waals surface area contributed by atoms with Crippen LogP contribution in [0.4, 0.5) is 0 Å². The number of rotatable bonds is 10. The summed E-state index contributed by atoms with van der Waals surface area (Å²) in [5.41, 5.74) is 0.873. The van der Waals surface area contributed by atoms with Crippen molar-refractivity contribution in [1.82, 2.24) is 10.6 Å². The first-order chi connectivity index (χ1) is 10.2. The molecule has 0 saturated carbocycles. The molecule has 0 fully saturated rings. The number of halogens is 1. The summed E-state index contributed by atoms with van der Waals surface area (Å²) in [5, 5.41) is 6.62. The first-order valence-corrected chi connectivity index (χ1v) is 7.43. The van der Waals surface area contributed by atoms with Crippen LogP contribution in [0.1, 0.15) is 18.9 Å². The maximum absolute atomic E-state index is 11.6. The molecular formula is C15H23ClN2O3. The van der Waals surface area contributed by atoms with Gasteiger partial charge in [-0.3, -0.25) is 4.79 Å². The molecule has 0 aromatic heterocycles. The molecule has 0 heterocycles. The maximum Gasteiger partial charge on any atom is 0.258 e. The van der Waals surface area contributed by atoms with Crippen molar-refractivity contribution in [3.63, 3.8) is 0 Å². The summed E-state index contributed by atoms with van der Waals surface area (Å²) in [6.07, 6.45) is 1.04. The van der Waals surface area contributed by atoms with Gasteiger partial charge in [0.2, 0.25) is 0 Å². The van der Waals surface area contributed by atoms with E-state index >= 15 is 0 Å². The fraction of sp³-hybridized carbons (Fsp3) is 0.533. The summed E-state index contributed by atoms with van der Waals surface area (Å²) in [4.78, 5) is 11.6. The van der Waals surface area contributed by atoms with E-state index in [-0.39, 0.29) is 12.5 Å². The highest BCUT2D eigenvalue weighted by molar-refractivity contribution is 6.31. The van der Waals surface area contributed by atoms with Crippen molar-refractivity contribution in [2.24, 2.45) is 0 Å². The van der Waals surface area contributed by atoms with Gasteiger partial charge in [-0.2, -0.15) is 0 Å². The Labute approximate surface area is 131 Å². The lowest BCUT2D eigenvalue weighted by Gasteiger charge is -2.13. The number of methoxy groups -OCH3 is 1. The van der Waals surface area contributed by atoms with Gasteiger partial charge in [-0.15, -0.1) is 0 Å². The Balaban J connectivity index is 2.53. The molecule has 0 saturated heterocycles. The van der Waals surface area contributed by atoms with Gasteiger partial charge in [0.1, 0.15) is 5.75 Å². The second-order valence-corrected chi connectivity index (χ2v) is 4.93. The van der Waals surface area contributed by atoms with Gasteiger partial charge < -0.3 is 20.1 Å². The minimum atomic E-state index is -0.181. The van der Waals surface area contributed by atoms with Crippen LogP contribution in [-0.2, 0) is 16.1 Å². The van der Waals surface area contributed by atoms with Crippen molar-refractivity contribution in [2.75, 3.05) is 33.4 Å². The minimum Gasteiger partial charge on any atom is -0.483 e. The lowest BCUT2D eigenvalue weighted by atomic mass is 10.2. The molecule has 0 aliphatic rings. The van der Waals surface area contributed by atoms with Crippen LogP contribution in [0.25, 0.3) is 0 Å². The van der Waals surface area contributed by atoms with Gasteiger partial charge in [-0.05, 0) is 25.1 Å². The van der Waals surface area contributed by atoms with E-state index in [0.29, 0.717) is 30.5 Å². The predicted octanol–water partition coefficient (Wildman–Crippen LogP) is 1.98. The van der Waals surface area contributed by atoms with Crippen LogP contribution in [0.3, 0.4) is 0 Å². The molecule has 0 aliphatic heterocycles. The average Bonchev–Trinajstić information content (AvgIpc) is 2.48. The molecule has 0 bridgehead atoms. The summed E-state index contributed by atoms with van der Waals surface area (Å²) in [6, 6.07) is 5.44.